The van der Waals surface area contributed by atoms with Crippen LogP contribution in [0, 0.1) is 20.8 Å². The van der Waals surface area contributed by atoms with Gasteiger partial charge in [0.05, 0.1) is 11.4 Å². The fourth-order valence-electron chi connectivity index (χ4n) is 2.55. The van der Waals surface area contributed by atoms with Gasteiger partial charge in [-0.3, -0.25) is 9.89 Å². The van der Waals surface area contributed by atoms with E-state index < -0.39 is 0 Å². The standard InChI is InChI=1S/C18H18N2O/c1-12-6-4-8-15(10-12)17-14(3)18(21)20(19-17)16-9-5-7-13(2)11-16/h4-11,19H,1-3H3. The second-order valence-electron chi connectivity index (χ2n) is 5.46. The first kappa shape index (κ1) is 13.4. The largest absolute Gasteiger partial charge is 0.290 e. The molecular formula is C18H18N2O. The van der Waals surface area contributed by atoms with Crippen LogP contribution in [-0.4, -0.2) is 9.78 Å². The monoisotopic (exact) mass is 278 g/mol. The van der Waals surface area contributed by atoms with Crippen LogP contribution in [0.1, 0.15) is 16.7 Å². The lowest BCUT2D eigenvalue weighted by Gasteiger charge is -2.04. The number of aromatic nitrogens is 2. The van der Waals surface area contributed by atoms with Crippen molar-refractivity contribution in [3.8, 4) is 16.9 Å². The molecule has 0 radical (unpaired) electrons. The number of hydrogen-bond donors (Lipinski definition) is 1. The van der Waals surface area contributed by atoms with Gasteiger partial charge >= 0.3 is 0 Å². The van der Waals surface area contributed by atoms with Crippen LogP contribution in [0.5, 0.6) is 0 Å². The Balaban J connectivity index is 2.18. The van der Waals surface area contributed by atoms with Crippen LogP contribution >= 0.6 is 0 Å². The average Bonchev–Trinajstić information content (AvgIpc) is 2.75. The first-order chi connectivity index (χ1) is 10.1. The predicted octanol–water partition coefficient (Wildman–Crippen LogP) is 3.76. The molecule has 1 aromatic heterocycles. The summed E-state index contributed by atoms with van der Waals surface area (Å²) in [6, 6.07) is 16.1. The van der Waals surface area contributed by atoms with Crippen molar-refractivity contribution in [3.63, 3.8) is 0 Å². The van der Waals surface area contributed by atoms with Crippen molar-refractivity contribution in [1.29, 1.82) is 0 Å². The maximum atomic E-state index is 12.5. The summed E-state index contributed by atoms with van der Waals surface area (Å²) in [6.07, 6.45) is 0. The van der Waals surface area contributed by atoms with Gasteiger partial charge in [-0.1, -0.05) is 35.9 Å². The predicted molar refractivity (Wildman–Crippen MR) is 86.0 cm³/mol. The maximum absolute atomic E-state index is 12.5. The van der Waals surface area contributed by atoms with E-state index in [1.54, 1.807) is 4.68 Å². The molecule has 0 saturated carbocycles. The molecule has 0 amide bonds. The highest BCUT2D eigenvalue weighted by molar-refractivity contribution is 5.63. The number of rotatable bonds is 2. The fraction of sp³-hybridized carbons (Fsp3) is 0.167. The molecule has 0 bridgehead atoms. The number of nitrogens with zero attached hydrogens (tertiary/aromatic N) is 1. The van der Waals surface area contributed by atoms with Crippen LogP contribution in [0.4, 0.5) is 0 Å². The van der Waals surface area contributed by atoms with Crippen LogP contribution in [0.25, 0.3) is 16.9 Å². The molecule has 3 rings (SSSR count). The molecule has 0 aliphatic heterocycles. The van der Waals surface area contributed by atoms with E-state index in [1.165, 1.54) is 5.56 Å². The third-order valence-electron chi connectivity index (χ3n) is 3.69. The van der Waals surface area contributed by atoms with Gasteiger partial charge in [0.25, 0.3) is 5.56 Å². The van der Waals surface area contributed by atoms with Gasteiger partial charge in [0.1, 0.15) is 0 Å². The number of aryl methyl sites for hydroxylation is 2. The van der Waals surface area contributed by atoms with Crippen molar-refractivity contribution in [3.05, 3.63) is 75.6 Å². The lowest BCUT2D eigenvalue weighted by Crippen LogP contribution is -2.15. The van der Waals surface area contributed by atoms with Crippen LogP contribution in [0.15, 0.2) is 53.3 Å². The Hall–Kier alpha value is -2.55. The molecule has 0 saturated heterocycles. The minimum Gasteiger partial charge on any atom is -0.290 e. The molecule has 3 heteroatoms. The second-order valence-corrected chi connectivity index (χ2v) is 5.46. The fourth-order valence-corrected chi connectivity index (χ4v) is 2.55. The molecule has 3 nitrogen and oxygen atoms in total. The lowest BCUT2D eigenvalue weighted by molar-refractivity contribution is 0.850. The number of H-pyrrole nitrogens is 1. The van der Waals surface area contributed by atoms with Crippen LogP contribution in [0.3, 0.4) is 0 Å². The molecule has 0 spiro atoms. The minimum absolute atomic E-state index is 0.00268. The second kappa shape index (κ2) is 5.09. The summed E-state index contributed by atoms with van der Waals surface area (Å²) in [6.45, 7) is 5.93. The van der Waals surface area contributed by atoms with E-state index >= 15 is 0 Å². The zero-order chi connectivity index (χ0) is 15.0. The summed E-state index contributed by atoms with van der Waals surface area (Å²) in [5, 5.41) is 3.24. The highest BCUT2D eigenvalue weighted by Crippen LogP contribution is 2.21. The van der Waals surface area contributed by atoms with E-state index in [0.717, 1.165) is 28.1 Å². The summed E-state index contributed by atoms with van der Waals surface area (Å²) < 4.78 is 1.61. The Morgan fingerprint density at radius 1 is 0.905 bits per heavy atom. The summed E-state index contributed by atoms with van der Waals surface area (Å²) >= 11 is 0. The molecule has 0 fully saturated rings. The van der Waals surface area contributed by atoms with E-state index in [2.05, 4.69) is 24.2 Å². The third kappa shape index (κ3) is 2.42. The minimum atomic E-state index is -0.00268. The quantitative estimate of drug-likeness (QED) is 0.761. The Bertz CT molecular complexity index is 856. The average molecular weight is 278 g/mol. The van der Waals surface area contributed by atoms with E-state index in [0.29, 0.717) is 0 Å². The summed E-state index contributed by atoms with van der Waals surface area (Å²) in [5.74, 6) is 0. The van der Waals surface area contributed by atoms with E-state index in [9.17, 15) is 4.79 Å². The maximum Gasteiger partial charge on any atom is 0.274 e. The highest BCUT2D eigenvalue weighted by atomic mass is 16.1. The molecule has 3 aromatic rings. The van der Waals surface area contributed by atoms with Crippen molar-refractivity contribution in [2.75, 3.05) is 0 Å². The lowest BCUT2D eigenvalue weighted by atomic mass is 10.1. The van der Waals surface area contributed by atoms with Gasteiger partial charge in [-0.15, -0.1) is 0 Å². The Labute approximate surface area is 123 Å². The van der Waals surface area contributed by atoms with E-state index in [1.807, 2.05) is 50.2 Å². The SMILES string of the molecule is Cc1cccc(-c2[nH]n(-c3cccc(C)c3)c(=O)c2C)c1. The molecule has 2 aromatic carbocycles. The van der Waals surface area contributed by atoms with Crippen molar-refractivity contribution >= 4 is 0 Å². The summed E-state index contributed by atoms with van der Waals surface area (Å²) in [5.41, 5.74) is 5.82. The van der Waals surface area contributed by atoms with Gasteiger partial charge in [0.15, 0.2) is 0 Å². The molecule has 0 atom stereocenters. The first-order valence-electron chi connectivity index (χ1n) is 7.02. The van der Waals surface area contributed by atoms with Gasteiger partial charge in [-0.25, -0.2) is 4.68 Å². The zero-order valence-corrected chi connectivity index (χ0v) is 12.5. The Kier molecular flexibility index (Phi) is 3.26. The van der Waals surface area contributed by atoms with E-state index in [4.69, 9.17) is 0 Å². The number of nitrogens with one attached hydrogen (secondary N) is 1. The molecular weight excluding hydrogens is 260 g/mol. The number of hydrogen-bond acceptors (Lipinski definition) is 1. The third-order valence-corrected chi connectivity index (χ3v) is 3.69. The van der Waals surface area contributed by atoms with Crippen LogP contribution in [-0.2, 0) is 0 Å². The van der Waals surface area contributed by atoms with Gasteiger partial charge in [0, 0.05) is 11.1 Å². The van der Waals surface area contributed by atoms with E-state index in [-0.39, 0.29) is 5.56 Å². The number of aromatic amines is 1. The van der Waals surface area contributed by atoms with Gasteiger partial charge in [0.2, 0.25) is 0 Å². The molecule has 0 unspecified atom stereocenters. The molecule has 21 heavy (non-hydrogen) atoms. The van der Waals surface area contributed by atoms with Crippen molar-refractivity contribution in [2.45, 2.75) is 20.8 Å². The van der Waals surface area contributed by atoms with Gasteiger partial charge in [-0.2, -0.15) is 0 Å². The number of benzene rings is 2. The summed E-state index contributed by atoms with van der Waals surface area (Å²) in [4.78, 5) is 12.5. The molecule has 0 aliphatic carbocycles. The molecule has 0 aliphatic rings. The van der Waals surface area contributed by atoms with Crippen molar-refractivity contribution < 1.29 is 0 Å². The van der Waals surface area contributed by atoms with Crippen LogP contribution < -0.4 is 5.56 Å². The first-order valence-corrected chi connectivity index (χ1v) is 7.02. The molecule has 106 valence electrons. The molecule has 1 heterocycles. The topological polar surface area (TPSA) is 37.8 Å². The smallest absolute Gasteiger partial charge is 0.274 e. The van der Waals surface area contributed by atoms with Gasteiger partial charge in [-0.05, 0) is 44.5 Å². The summed E-state index contributed by atoms with van der Waals surface area (Å²) in [7, 11) is 0. The van der Waals surface area contributed by atoms with Crippen molar-refractivity contribution in [2.24, 2.45) is 0 Å². The van der Waals surface area contributed by atoms with Crippen molar-refractivity contribution in [1.82, 2.24) is 9.78 Å². The normalized spacial score (nSPS) is 10.8. The molecule has 1 N–H and O–H groups in total. The Morgan fingerprint density at radius 2 is 1.57 bits per heavy atom. The highest BCUT2D eigenvalue weighted by Gasteiger charge is 2.13. The zero-order valence-electron chi connectivity index (χ0n) is 12.5. The Morgan fingerprint density at radius 3 is 2.24 bits per heavy atom. The van der Waals surface area contributed by atoms with Gasteiger partial charge < -0.3 is 0 Å². The van der Waals surface area contributed by atoms with Crippen LogP contribution in [0.2, 0.25) is 0 Å².